The minimum absolute atomic E-state index is 0.586. The summed E-state index contributed by atoms with van der Waals surface area (Å²) in [6.07, 6.45) is -0.00329. The summed E-state index contributed by atoms with van der Waals surface area (Å²) in [5.41, 5.74) is 1.08. The zero-order valence-corrected chi connectivity index (χ0v) is 16.5. The van der Waals surface area contributed by atoms with Crippen LogP contribution >= 0.6 is 11.8 Å². The van der Waals surface area contributed by atoms with Crippen molar-refractivity contribution in [3.63, 3.8) is 0 Å². The van der Waals surface area contributed by atoms with Crippen LogP contribution < -0.4 is 4.90 Å². The van der Waals surface area contributed by atoms with Crippen molar-refractivity contribution in [3.8, 4) is 0 Å². The lowest BCUT2D eigenvalue weighted by molar-refractivity contribution is -0.137. The summed E-state index contributed by atoms with van der Waals surface area (Å²) >= 11 is 1.54. The molecule has 27 heavy (non-hydrogen) atoms. The Labute approximate surface area is 163 Å². The molecule has 0 fully saturated rings. The van der Waals surface area contributed by atoms with Crippen LogP contribution in [-0.4, -0.2) is 32.1 Å². The number of rotatable bonds is 7. The van der Waals surface area contributed by atoms with E-state index in [2.05, 4.69) is 23.9 Å². The Balaban J connectivity index is 1.77. The number of nitrogens with zero attached hydrogens (tertiary/aromatic N) is 2. The van der Waals surface area contributed by atoms with Crippen LogP contribution in [0, 0.1) is 0 Å². The molecule has 2 aromatic carbocycles. The number of fused-ring (bicyclic) bond motifs is 2. The van der Waals surface area contributed by atoms with Crippen molar-refractivity contribution in [2.45, 2.75) is 41.7 Å². The summed E-state index contributed by atoms with van der Waals surface area (Å²) in [5, 5.41) is 0. The summed E-state index contributed by atoms with van der Waals surface area (Å²) in [4.78, 5) is 6.21. The fourth-order valence-electron chi connectivity index (χ4n) is 3.30. The quantitative estimate of drug-likeness (QED) is 0.500. The van der Waals surface area contributed by atoms with Gasteiger partial charge in [-0.25, -0.2) is 0 Å². The summed E-state index contributed by atoms with van der Waals surface area (Å²) in [5.74, 6) is 0. The van der Waals surface area contributed by atoms with E-state index in [1.807, 2.05) is 24.3 Å². The van der Waals surface area contributed by atoms with Crippen LogP contribution in [0.25, 0.3) is 0 Å². The number of hydrogen-bond acceptors (Lipinski definition) is 3. The van der Waals surface area contributed by atoms with Crippen LogP contribution in [-0.2, 0) is 6.18 Å². The van der Waals surface area contributed by atoms with E-state index in [4.69, 9.17) is 0 Å². The lowest BCUT2D eigenvalue weighted by Gasteiger charge is -2.33. The molecule has 2 aromatic rings. The minimum atomic E-state index is -4.32. The molecule has 6 heteroatoms. The number of para-hydroxylation sites is 1. The molecule has 0 aromatic heterocycles. The Kier molecular flexibility index (Phi) is 6.37. The lowest BCUT2D eigenvalue weighted by atomic mass is 10.1. The van der Waals surface area contributed by atoms with Crippen LogP contribution in [0.1, 0.15) is 31.2 Å². The Morgan fingerprint density at radius 1 is 0.889 bits per heavy atom. The van der Waals surface area contributed by atoms with Gasteiger partial charge in [0.05, 0.1) is 16.9 Å². The number of anilines is 2. The van der Waals surface area contributed by atoms with Gasteiger partial charge in [-0.3, -0.25) is 0 Å². The van der Waals surface area contributed by atoms with Crippen LogP contribution in [0.4, 0.5) is 24.5 Å². The highest BCUT2D eigenvalue weighted by Crippen LogP contribution is 2.49. The van der Waals surface area contributed by atoms with Gasteiger partial charge in [0.2, 0.25) is 0 Å². The van der Waals surface area contributed by atoms with Crippen molar-refractivity contribution in [3.05, 3.63) is 48.0 Å². The Hall–Kier alpha value is -1.66. The predicted octanol–water partition coefficient (Wildman–Crippen LogP) is 6.43. The highest BCUT2D eigenvalue weighted by Gasteiger charge is 2.33. The van der Waals surface area contributed by atoms with Crippen molar-refractivity contribution in [1.29, 1.82) is 0 Å². The summed E-state index contributed by atoms with van der Waals surface area (Å²) in [6, 6.07) is 12.0. The molecule has 146 valence electrons. The molecular weight excluding hydrogens is 369 g/mol. The average Bonchev–Trinajstić information content (AvgIpc) is 2.62. The number of unbranched alkanes of at least 4 members (excludes halogenated alkanes) is 3. The molecule has 3 rings (SSSR count). The minimum Gasteiger partial charge on any atom is -0.340 e. The van der Waals surface area contributed by atoms with E-state index in [0.717, 1.165) is 54.3 Å². The van der Waals surface area contributed by atoms with Gasteiger partial charge in [0.25, 0.3) is 0 Å². The molecule has 0 N–H and O–H groups in total. The molecule has 0 bridgehead atoms. The van der Waals surface area contributed by atoms with Gasteiger partial charge in [-0.05, 0) is 63.8 Å². The van der Waals surface area contributed by atoms with Gasteiger partial charge in [-0.15, -0.1) is 0 Å². The number of benzene rings is 2. The molecule has 0 unspecified atom stereocenters. The highest BCUT2D eigenvalue weighted by molar-refractivity contribution is 7.99. The van der Waals surface area contributed by atoms with E-state index in [0.29, 0.717) is 5.69 Å². The second-order valence-corrected chi connectivity index (χ2v) is 8.20. The number of halogens is 3. The predicted molar refractivity (Wildman–Crippen MR) is 106 cm³/mol. The van der Waals surface area contributed by atoms with Gasteiger partial charge in [0.1, 0.15) is 0 Å². The Morgan fingerprint density at radius 2 is 1.59 bits per heavy atom. The molecule has 0 saturated heterocycles. The molecule has 0 atom stereocenters. The molecule has 0 aliphatic carbocycles. The Bertz CT molecular complexity index is 774. The maximum atomic E-state index is 13.2. The second kappa shape index (κ2) is 8.57. The molecule has 1 aliphatic heterocycles. The van der Waals surface area contributed by atoms with Crippen molar-refractivity contribution in [2.24, 2.45) is 0 Å². The molecule has 1 heterocycles. The van der Waals surface area contributed by atoms with Crippen molar-refractivity contribution in [2.75, 3.05) is 32.1 Å². The van der Waals surface area contributed by atoms with Crippen LogP contribution in [0.3, 0.4) is 0 Å². The van der Waals surface area contributed by atoms with Gasteiger partial charge >= 0.3 is 6.18 Å². The van der Waals surface area contributed by atoms with E-state index < -0.39 is 11.7 Å². The van der Waals surface area contributed by atoms with Gasteiger partial charge < -0.3 is 9.80 Å². The fraction of sp³-hybridized carbons (Fsp3) is 0.429. The fourth-order valence-corrected chi connectivity index (χ4v) is 4.37. The lowest BCUT2D eigenvalue weighted by Crippen LogP contribution is -2.22. The van der Waals surface area contributed by atoms with Gasteiger partial charge in [0, 0.05) is 16.3 Å². The first kappa shape index (κ1) is 20.1. The first-order valence-corrected chi connectivity index (χ1v) is 10.1. The summed E-state index contributed by atoms with van der Waals surface area (Å²) in [6.45, 7) is 1.80. The largest absolute Gasteiger partial charge is 0.416 e. The maximum absolute atomic E-state index is 13.2. The average molecular weight is 395 g/mol. The molecule has 1 aliphatic rings. The van der Waals surface area contributed by atoms with E-state index in [1.54, 1.807) is 17.8 Å². The maximum Gasteiger partial charge on any atom is 0.416 e. The van der Waals surface area contributed by atoms with Crippen LogP contribution in [0.15, 0.2) is 52.3 Å². The molecule has 2 nitrogen and oxygen atoms in total. The van der Waals surface area contributed by atoms with Crippen molar-refractivity contribution in [1.82, 2.24) is 4.90 Å². The first-order chi connectivity index (χ1) is 12.9. The third kappa shape index (κ3) is 4.99. The van der Waals surface area contributed by atoms with Gasteiger partial charge in [-0.1, -0.05) is 36.7 Å². The van der Waals surface area contributed by atoms with E-state index >= 15 is 0 Å². The molecule has 0 radical (unpaired) electrons. The summed E-state index contributed by atoms with van der Waals surface area (Å²) in [7, 11) is 4.13. The zero-order chi connectivity index (χ0) is 19.4. The summed E-state index contributed by atoms with van der Waals surface area (Å²) < 4.78 is 39.6. The first-order valence-electron chi connectivity index (χ1n) is 9.26. The van der Waals surface area contributed by atoms with Crippen LogP contribution in [0.5, 0.6) is 0 Å². The van der Waals surface area contributed by atoms with Gasteiger partial charge in [0.15, 0.2) is 0 Å². The third-order valence-electron chi connectivity index (χ3n) is 4.69. The van der Waals surface area contributed by atoms with E-state index in [9.17, 15) is 13.2 Å². The van der Waals surface area contributed by atoms with Crippen molar-refractivity contribution >= 4 is 23.1 Å². The monoisotopic (exact) mass is 394 g/mol. The Morgan fingerprint density at radius 3 is 2.33 bits per heavy atom. The number of alkyl halides is 3. The number of hydrogen-bond donors (Lipinski definition) is 0. The standard InChI is InChI=1S/C21H25F3N2S/c1-25(2)13-7-3-4-8-14-26-17-9-5-6-10-19(17)27-20-12-11-16(15-18(20)26)21(22,23)24/h5-6,9-12,15H,3-4,7-8,13-14H2,1-2H3. The molecule has 0 spiro atoms. The smallest absolute Gasteiger partial charge is 0.340 e. The van der Waals surface area contributed by atoms with Crippen molar-refractivity contribution < 1.29 is 13.2 Å². The molecule has 0 saturated carbocycles. The van der Waals surface area contributed by atoms with E-state index in [1.165, 1.54) is 12.1 Å². The molecule has 0 amide bonds. The SMILES string of the molecule is CN(C)CCCCCCN1c2ccccc2Sc2ccc(C(F)(F)F)cc21. The second-order valence-electron chi connectivity index (χ2n) is 7.12. The topological polar surface area (TPSA) is 6.48 Å². The third-order valence-corrected chi connectivity index (χ3v) is 5.82. The zero-order valence-electron chi connectivity index (χ0n) is 15.7. The highest BCUT2D eigenvalue weighted by atomic mass is 32.2. The van der Waals surface area contributed by atoms with Gasteiger partial charge in [-0.2, -0.15) is 13.2 Å². The van der Waals surface area contributed by atoms with E-state index in [-0.39, 0.29) is 0 Å². The normalized spacial score (nSPS) is 13.6. The van der Waals surface area contributed by atoms with Crippen LogP contribution in [0.2, 0.25) is 0 Å². The molecular formula is C21H25F3N2S.